The molecule has 0 aromatic heterocycles. The zero-order valence-electron chi connectivity index (χ0n) is 19.2. The molecule has 0 heterocycles. The number of hydrogen-bond donors (Lipinski definition) is 1. The van der Waals surface area contributed by atoms with E-state index in [9.17, 15) is 13.2 Å². The van der Waals surface area contributed by atoms with Gasteiger partial charge in [-0.05, 0) is 37.1 Å². The number of halogens is 1. The molecule has 0 spiro atoms. The van der Waals surface area contributed by atoms with Crippen molar-refractivity contribution in [3.8, 4) is 5.75 Å². The molecule has 1 atom stereocenters. The zero-order valence-corrected chi connectivity index (χ0v) is 20.8. The van der Waals surface area contributed by atoms with Crippen molar-refractivity contribution >= 4 is 33.3 Å². The van der Waals surface area contributed by atoms with Crippen LogP contribution in [0.1, 0.15) is 97.3 Å². The third-order valence-electron chi connectivity index (χ3n) is 5.18. The van der Waals surface area contributed by atoms with E-state index in [1.165, 1.54) is 51.4 Å². The van der Waals surface area contributed by atoms with Crippen LogP contribution in [0.15, 0.2) is 24.3 Å². The molecule has 7 heteroatoms. The lowest BCUT2D eigenvalue weighted by molar-refractivity contribution is -0.134. The van der Waals surface area contributed by atoms with Gasteiger partial charge in [0.15, 0.2) is 0 Å². The molecule has 1 N–H and O–H groups in total. The van der Waals surface area contributed by atoms with Gasteiger partial charge in [-0.3, -0.25) is 9.52 Å². The Bertz CT molecular complexity index is 707. The Balaban J connectivity index is 2.23. The number of nitrogens with one attached hydrogen (secondary N) is 1. The molecule has 0 amide bonds. The van der Waals surface area contributed by atoms with Gasteiger partial charge in [0.05, 0.1) is 5.75 Å². The van der Waals surface area contributed by atoms with Crippen LogP contribution in [0.4, 0.5) is 5.69 Å². The second-order valence-corrected chi connectivity index (χ2v) is 10.5. The topological polar surface area (TPSA) is 72.5 Å². The number of ether oxygens (including phenoxy) is 1. The number of alkyl halides is 1. The lowest BCUT2D eigenvalue weighted by Crippen LogP contribution is -2.21. The van der Waals surface area contributed by atoms with E-state index < -0.39 is 21.4 Å². The molecule has 178 valence electrons. The van der Waals surface area contributed by atoms with Crippen LogP contribution in [-0.4, -0.2) is 25.5 Å². The van der Waals surface area contributed by atoms with Gasteiger partial charge >= 0.3 is 5.97 Å². The summed E-state index contributed by atoms with van der Waals surface area (Å²) in [6.07, 6.45) is 14.4. The second-order valence-electron chi connectivity index (χ2n) is 8.16. The first-order valence-corrected chi connectivity index (χ1v) is 13.9. The number of benzene rings is 1. The van der Waals surface area contributed by atoms with Crippen molar-refractivity contribution in [3.05, 3.63) is 24.3 Å². The highest BCUT2D eigenvalue weighted by Crippen LogP contribution is 2.20. The van der Waals surface area contributed by atoms with Gasteiger partial charge in [-0.15, -0.1) is 11.6 Å². The Morgan fingerprint density at radius 3 is 1.94 bits per heavy atom. The van der Waals surface area contributed by atoms with E-state index in [1.54, 1.807) is 24.3 Å². The molecule has 0 fully saturated rings. The van der Waals surface area contributed by atoms with Crippen molar-refractivity contribution in [2.75, 3.05) is 10.5 Å². The first-order valence-electron chi connectivity index (χ1n) is 11.8. The first-order chi connectivity index (χ1) is 14.9. The van der Waals surface area contributed by atoms with Gasteiger partial charge in [0, 0.05) is 5.69 Å². The smallest absolute Gasteiger partial charge is 0.329 e. The average Bonchev–Trinajstić information content (AvgIpc) is 2.74. The molecule has 31 heavy (non-hydrogen) atoms. The molecule has 0 aliphatic rings. The van der Waals surface area contributed by atoms with Gasteiger partial charge in [0.1, 0.15) is 11.1 Å². The maximum atomic E-state index is 12.2. The van der Waals surface area contributed by atoms with E-state index in [0.717, 1.165) is 19.3 Å². The van der Waals surface area contributed by atoms with Crippen molar-refractivity contribution in [3.63, 3.8) is 0 Å². The summed E-state index contributed by atoms with van der Waals surface area (Å²) in [7, 11) is -3.35. The standard InChI is InChI=1S/C24H40ClNO4S/c1-3-5-7-8-9-10-11-12-13-14-15-23(25)24(27)30-22-18-16-21(17-19-22)26-31(28,29)20-6-4-2/h16-19,23,26H,3-15,20H2,1-2H3. The highest BCUT2D eigenvalue weighted by molar-refractivity contribution is 7.92. The summed E-state index contributed by atoms with van der Waals surface area (Å²) in [5, 5.41) is -0.665. The summed E-state index contributed by atoms with van der Waals surface area (Å²) < 4.78 is 31.7. The number of anilines is 1. The summed E-state index contributed by atoms with van der Waals surface area (Å²) in [6, 6.07) is 6.30. The predicted molar refractivity (Wildman–Crippen MR) is 130 cm³/mol. The first kappa shape index (κ1) is 27.8. The zero-order chi connectivity index (χ0) is 23.0. The Hall–Kier alpha value is -1.27. The van der Waals surface area contributed by atoms with Crippen molar-refractivity contribution in [1.82, 2.24) is 0 Å². The van der Waals surface area contributed by atoms with Crippen molar-refractivity contribution in [1.29, 1.82) is 0 Å². The molecular formula is C24H40ClNO4S. The Morgan fingerprint density at radius 1 is 0.871 bits per heavy atom. The highest BCUT2D eigenvalue weighted by Gasteiger charge is 2.17. The third-order valence-corrected chi connectivity index (χ3v) is 6.95. The summed E-state index contributed by atoms with van der Waals surface area (Å²) in [6.45, 7) is 4.18. The maximum Gasteiger partial charge on any atom is 0.329 e. The third kappa shape index (κ3) is 13.7. The van der Waals surface area contributed by atoms with Crippen LogP contribution in [0.25, 0.3) is 0 Å². The van der Waals surface area contributed by atoms with E-state index in [2.05, 4.69) is 11.6 Å². The molecular weight excluding hydrogens is 434 g/mol. The fourth-order valence-electron chi connectivity index (χ4n) is 3.26. The molecule has 1 unspecified atom stereocenters. The lowest BCUT2D eigenvalue weighted by atomic mass is 10.1. The van der Waals surface area contributed by atoms with Crippen molar-refractivity contribution < 1.29 is 17.9 Å². The number of sulfonamides is 1. The van der Waals surface area contributed by atoms with Crippen LogP contribution >= 0.6 is 11.6 Å². The molecule has 0 saturated heterocycles. The molecule has 1 aromatic rings. The highest BCUT2D eigenvalue weighted by atomic mass is 35.5. The molecule has 5 nitrogen and oxygen atoms in total. The molecule has 1 aromatic carbocycles. The lowest BCUT2D eigenvalue weighted by Gasteiger charge is -2.11. The minimum atomic E-state index is -3.35. The van der Waals surface area contributed by atoms with E-state index in [0.29, 0.717) is 24.3 Å². The predicted octanol–water partition coefficient (Wildman–Crippen LogP) is 7.05. The van der Waals surface area contributed by atoms with E-state index in [1.807, 2.05) is 6.92 Å². The van der Waals surface area contributed by atoms with Crippen LogP contribution in [0.3, 0.4) is 0 Å². The fraction of sp³-hybridized carbons (Fsp3) is 0.708. The van der Waals surface area contributed by atoms with E-state index in [-0.39, 0.29) is 5.75 Å². The van der Waals surface area contributed by atoms with E-state index >= 15 is 0 Å². The van der Waals surface area contributed by atoms with Gasteiger partial charge < -0.3 is 4.74 Å². The second kappa shape index (κ2) is 16.4. The fourth-order valence-corrected chi connectivity index (χ4v) is 4.73. The Morgan fingerprint density at radius 2 is 1.39 bits per heavy atom. The number of esters is 1. The molecule has 1 rings (SSSR count). The Kier molecular flexibility index (Phi) is 14.7. The molecule has 0 aliphatic carbocycles. The Labute approximate surface area is 194 Å². The van der Waals surface area contributed by atoms with Crippen LogP contribution in [-0.2, 0) is 14.8 Å². The summed E-state index contributed by atoms with van der Waals surface area (Å²) in [4.78, 5) is 12.2. The van der Waals surface area contributed by atoms with Crippen molar-refractivity contribution in [2.24, 2.45) is 0 Å². The molecule has 0 aliphatic heterocycles. The van der Waals surface area contributed by atoms with Gasteiger partial charge in [-0.25, -0.2) is 8.42 Å². The van der Waals surface area contributed by atoms with Gasteiger partial charge in [0.25, 0.3) is 0 Å². The minimum Gasteiger partial charge on any atom is -0.425 e. The number of unbranched alkanes of at least 4 members (excludes halogenated alkanes) is 10. The largest absolute Gasteiger partial charge is 0.425 e. The molecule has 0 bridgehead atoms. The quantitative estimate of drug-likeness (QED) is 0.107. The van der Waals surface area contributed by atoms with Gasteiger partial charge in [-0.1, -0.05) is 84.5 Å². The van der Waals surface area contributed by atoms with Gasteiger partial charge in [0.2, 0.25) is 10.0 Å². The molecule has 0 saturated carbocycles. The van der Waals surface area contributed by atoms with Crippen molar-refractivity contribution in [2.45, 2.75) is 103 Å². The summed E-state index contributed by atoms with van der Waals surface area (Å²) in [5.41, 5.74) is 0.448. The van der Waals surface area contributed by atoms with E-state index in [4.69, 9.17) is 16.3 Å². The van der Waals surface area contributed by atoms with Crippen LogP contribution in [0, 0.1) is 0 Å². The van der Waals surface area contributed by atoms with Gasteiger partial charge in [-0.2, -0.15) is 0 Å². The van der Waals surface area contributed by atoms with Crippen LogP contribution in [0.5, 0.6) is 5.75 Å². The SMILES string of the molecule is CCCCCCCCCCCCC(Cl)C(=O)Oc1ccc(NS(=O)(=O)CCCC)cc1. The monoisotopic (exact) mass is 473 g/mol. The normalized spacial score (nSPS) is 12.5. The summed E-state index contributed by atoms with van der Waals surface area (Å²) in [5.74, 6) is -0.0169. The number of carbonyl (C=O) groups is 1. The maximum absolute atomic E-state index is 12.2. The summed E-state index contributed by atoms with van der Waals surface area (Å²) >= 11 is 6.19. The number of rotatable bonds is 18. The van der Waals surface area contributed by atoms with Crippen LogP contribution < -0.4 is 9.46 Å². The minimum absolute atomic E-state index is 0.0904. The number of hydrogen-bond acceptors (Lipinski definition) is 4. The average molecular weight is 474 g/mol. The number of carbonyl (C=O) groups excluding carboxylic acids is 1. The van der Waals surface area contributed by atoms with Crippen LogP contribution in [0.2, 0.25) is 0 Å². The molecule has 0 radical (unpaired) electrons.